The second-order valence-electron chi connectivity index (χ2n) is 5.56. The van der Waals surface area contributed by atoms with Crippen LogP contribution in [0.2, 0.25) is 0 Å². The monoisotopic (exact) mass is 290 g/mol. The van der Waals surface area contributed by atoms with Gasteiger partial charge in [-0.3, -0.25) is 4.90 Å². The van der Waals surface area contributed by atoms with E-state index in [0.29, 0.717) is 36.8 Å². The van der Waals surface area contributed by atoms with E-state index >= 15 is 0 Å². The first kappa shape index (κ1) is 14.2. The molecule has 0 bridgehead atoms. The molecule has 0 aliphatic heterocycles. The minimum atomic E-state index is -0.284. The third-order valence-corrected chi connectivity index (χ3v) is 3.92. The van der Waals surface area contributed by atoms with Crippen LogP contribution in [0.25, 0.3) is 11.5 Å². The van der Waals surface area contributed by atoms with Crippen LogP contribution in [0.5, 0.6) is 0 Å². The molecule has 5 nitrogen and oxygen atoms in total. The summed E-state index contributed by atoms with van der Waals surface area (Å²) in [6, 6.07) is 6.38. The van der Waals surface area contributed by atoms with E-state index in [4.69, 9.17) is 10.2 Å². The Hall–Kier alpha value is -1.79. The number of benzene rings is 1. The molecule has 1 aromatic heterocycles. The van der Waals surface area contributed by atoms with Crippen LogP contribution >= 0.6 is 0 Å². The first-order chi connectivity index (χ1) is 10.2. The molecule has 1 aromatic carbocycles. The molecular formula is C15H19FN4O. The third-order valence-electron chi connectivity index (χ3n) is 3.92. The zero-order valence-electron chi connectivity index (χ0n) is 12.0. The molecule has 1 atom stereocenters. The molecule has 0 radical (unpaired) electrons. The summed E-state index contributed by atoms with van der Waals surface area (Å²) in [4.78, 5) is 2.17. The van der Waals surface area contributed by atoms with Gasteiger partial charge in [0.1, 0.15) is 5.82 Å². The minimum absolute atomic E-state index is 0.284. The standard InChI is InChI=1S/C15H19FN4O/c1-20(13(8-17)10-2-3-10)9-14-18-19-15(21-14)11-4-6-12(16)7-5-11/h4-7,10,13H,2-3,8-9,17H2,1H3. The zero-order valence-corrected chi connectivity index (χ0v) is 12.0. The highest BCUT2D eigenvalue weighted by Crippen LogP contribution is 2.34. The summed E-state index contributed by atoms with van der Waals surface area (Å²) < 4.78 is 18.6. The maximum absolute atomic E-state index is 12.9. The van der Waals surface area contributed by atoms with E-state index in [2.05, 4.69) is 15.1 Å². The fourth-order valence-corrected chi connectivity index (χ4v) is 2.57. The van der Waals surface area contributed by atoms with Crippen molar-refractivity contribution in [2.75, 3.05) is 13.6 Å². The first-order valence-corrected chi connectivity index (χ1v) is 7.16. The van der Waals surface area contributed by atoms with E-state index in [1.807, 2.05) is 7.05 Å². The van der Waals surface area contributed by atoms with E-state index < -0.39 is 0 Å². The average molecular weight is 290 g/mol. The molecule has 0 spiro atoms. The summed E-state index contributed by atoms with van der Waals surface area (Å²) in [5.41, 5.74) is 6.55. The number of hydrogen-bond acceptors (Lipinski definition) is 5. The van der Waals surface area contributed by atoms with Crippen LogP contribution in [0.4, 0.5) is 4.39 Å². The highest BCUT2D eigenvalue weighted by atomic mass is 19.1. The molecule has 112 valence electrons. The normalized spacial score (nSPS) is 16.4. The Bertz CT molecular complexity index is 594. The lowest BCUT2D eigenvalue weighted by molar-refractivity contribution is 0.197. The average Bonchev–Trinajstić information content (AvgIpc) is 3.20. The van der Waals surface area contributed by atoms with Crippen molar-refractivity contribution in [3.63, 3.8) is 0 Å². The van der Waals surface area contributed by atoms with Gasteiger partial charge in [0.15, 0.2) is 0 Å². The lowest BCUT2D eigenvalue weighted by Gasteiger charge is -2.25. The molecule has 1 fully saturated rings. The van der Waals surface area contributed by atoms with Gasteiger partial charge in [0.05, 0.1) is 6.54 Å². The number of aromatic nitrogens is 2. The van der Waals surface area contributed by atoms with Gasteiger partial charge in [-0.05, 0) is 50.1 Å². The molecule has 0 saturated heterocycles. The van der Waals surface area contributed by atoms with E-state index in [9.17, 15) is 4.39 Å². The molecule has 1 unspecified atom stereocenters. The van der Waals surface area contributed by atoms with E-state index in [-0.39, 0.29) is 5.82 Å². The number of nitrogens with zero attached hydrogens (tertiary/aromatic N) is 3. The van der Waals surface area contributed by atoms with E-state index in [0.717, 1.165) is 5.56 Å². The highest BCUT2D eigenvalue weighted by molar-refractivity contribution is 5.51. The molecule has 1 aliphatic carbocycles. The fourth-order valence-electron chi connectivity index (χ4n) is 2.57. The first-order valence-electron chi connectivity index (χ1n) is 7.16. The molecule has 1 aliphatic rings. The van der Waals surface area contributed by atoms with Crippen molar-refractivity contribution in [1.82, 2.24) is 15.1 Å². The molecule has 1 saturated carbocycles. The second-order valence-corrected chi connectivity index (χ2v) is 5.56. The molecule has 2 aromatic rings. The van der Waals surface area contributed by atoms with Crippen LogP contribution < -0.4 is 5.73 Å². The summed E-state index contributed by atoms with van der Waals surface area (Å²) in [5, 5.41) is 8.08. The molecule has 21 heavy (non-hydrogen) atoms. The largest absolute Gasteiger partial charge is 0.419 e. The van der Waals surface area contributed by atoms with Crippen molar-refractivity contribution in [2.24, 2.45) is 11.7 Å². The lowest BCUT2D eigenvalue weighted by Crippen LogP contribution is -2.39. The highest BCUT2D eigenvalue weighted by Gasteiger charge is 2.33. The van der Waals surface area contributed by atoms with Gasteiger partial charge < -0.3 is 10.2 Å². The van der Waals surface area contributed by atoms with Crippen LogP contribution in [0.1, 0.15) is 18.7 Å². The predicted octanol–water partition coefficient (Wildman–Crippen LogP) is 2.04. The minimum Gasteiger partial charge on any atom is -0.419 e. The van der Waals surface area contributed by atoms with Gasteiger partial charge >= 0.3 is 0 Å². The van der Waals surface area contributed by atoms with Crippen LogP contribution in [0.3, 0.4) is 0 Å². The van der Waals surface area contributed by atoms with Crippen LogP contribution in [-0.2, 0) is 6.54 Å². The Morgan fingerprint density at radius 2 is 2.05 bits per heavy atom. The second kappa shape index (κ2) is 5.91. The van der Waals surface area contributed by atoms with Crippen molar-refractivity contribution in [1.29, 1.82) is 0 Å². The number of halogens is 1. The quantitative estimate of drug-likeness (QED) is 0.881. The number of hydrogen-bond donors (Lipinski definition) is 1. The van der Waals surface area contributed by atoms with Crippen molar-refractivity contribution in [2.45, 2.75) is 25.4 Å². The molecule has 3 rings (SSSR count). The van der Waals surface area contributed by atoms with E-state index in [1.165, 1.54) is 25.0 Å². The van der Waals surface area contributed by atoms with Gasteiger partial charge in [-0.25, -0.2) is 4.39 Å². The van der Waals surface area contributed by atoms with Gasteiger partial charge in [-0.2, -0.15) is 0 Å². The maximum Gasteiger partial charge on any atom is 0.247 e. The summed E-state index contributed by atoms with van der Waals surface area (Å²) in [5.74, 6) is 1.37. The smallest absolute Gasteiger partial charge is 0.247 e. The Kier molecular flexibility index (Phi) is 3.98. The van der Waals surface area contributed by atoms with Gasteiger partial charge in [0.2, 0.25) is 11.8 Å². The summed E-state index contributed by atoms with van der Waals surface area (Å²) >= 11 is 0. The van der Waals surface area contributed by atoms with Crippen LogP contribution in [-0.4, -0.2) is 34.7 Å². The van der Waals surface area contributed by atoms with Crippen molar-refractivity contribution in [3.05, 3.63) is 36.0 Å². The van der Waals surface area contributed by atoms with Crippen LogP contribution in [0.15, 0.2) is 28.7 Å². The molecule has 2 N–H and O–H groups in total. The van der Waals surface area contributed by atoms with E-state index in [1.54, 1.807) is 12.1 Å². The lowest BCUT2D eigenvalue weighted by atomic mass is 10.1. The van der Waals surface area contributed by atoms with Crippen molar-refractivity contribution in [3.8, 4) is 11.5 Å². The third kappa shape index (κ3) is 3.28. The SMILES string of the molecule is CN(Cc1nnc(-c2ccc(F)cc2)o1)C(CN)C1CC1. The number of rotatable bonds is 6. The summed E-state index contributed by atoms with van der Waals surface area (Å²) in [6.07, 6.45) is 2.49. The maximum atomic E-state index is 12.9. The van der Waals surface area contributed by atoms with Crippen molar-refractivity contribution < 1.29 is 8.81 Å². The topological polar surface area (TPSA) is 68.2 Å². The molecule has 1 heterocycles. The summed E-state index contributed by atoms with van der Waals surface area (Å²) in [7, 11) is 2.03. The van der Waals surface area contributed by atoms with Gasteiger partial charge in [-0.1, -0.05) is 0 Å². The summed E-state index contributed by atoms with van der Waals surface area (Å²) in [6.45, 7) is 1.21. The molecule has 6 heteroatoms. The fraction of sp³-hybridized carbons (Fsp3) is 0.467. The van der Waals surface area contributed by atoms with Crippen LogP contribution in [0, 0.1) is 11.7 Å². The Balaban J connectivity index is 1.68. The molecule has 0 amide bonds. The predicted molar refractivity (Wildman–Crippen MR) is 76.7 cm³/mol. The van der Waals surface area contributed by atoms with Gasteiger partial charge in [0.25, 0.3) is 0 Å². The number of nitrogens with two attached hydrogens (primary N) is 1. The van der Waals surface area contributed by atoms with Gasteiger partial charge in [0, 0.05) is 18.2 Å². The Labute approximate surface area is 123 Å². The molecular weight excluding hydrogens is 271 g/mol. The Morgan fingerprint density at radius 1 is 1.33 bits per heavy atom. The van der Waals surface area contributed by atoms with Crippen molar-refractivity contribution >= 4 is 0 Å². The number of likely N-dealkylation sites (N-methyl/N-ethyl adjacent to an activating group) is 1. The van der Waals surface area contributed by atoms with Gasteiger partial charge in [-0.15, -0.1) is 10.2 Å². The Morgan fingerprint density at radius 3 is 2.67 bits per heavy atom. The zero-order chi connectivity index (χ0) is 14.8.